The highest BCUT2D eigenvalue weighted by molar-refractivity contribution is 6.29. The molecule has 2 rings (SSSR count). The zero-order chi connectivity index (χ0) is 11.7. The number of hydrogen-bond acceptors (Lipinski definition) is 1. The highest BCUT2D eigenvalue weighted by Gasteiger charge is 2.06. The Kier molecular flexibility index (Phi) is 2.84. The zero-order valence-electron chi connectivity index (χ0n) is 9.20. The van der Waals surface area contributed by atoms with Gasteiger partial charge in [-0.15, -0.1) is 0 Å². The lowest BCUT2D eigenvalue weighted by Crippen LogP contribution is -2.18. The molecule has 0 saturated carbocycles. The molecule has 3 heteroatoms. The molecule has 0 spiro atoms. The van der Waals surface area contributed by atoms with Crippen molar-refractivity contribution in [2.45, 2.75) is 6.92 Å². The summed E-state index contributed by atoms with van der Waals surface area (Å²) in [5.41, 5.74) is 2.70. The summed E-state index contributed by atoms with van der Waals surface area (Å²) in [5, 5.41) is 0.445. The van der Waals surface area contributed by atoms with E-state index in [0.717, 1.165) is 5.56 Å². The minimum absolute atomic E-state index is 0.0728. The van der Waals surface area contributed by atoms with Gasteiger partial charge in [0.05, 0.1) is 0 Å². The smallest absolute Gasteiger partial charge is 0.259 e. The predicted molar refractivity (Wildman–Crippen MR) is 66.9 cm³/mol. The molecule has 1 aromatic heterocycles. The van der Waals surface area contributed by atoms with Crippen LogP contribution in [0.3, 0.4) is 0 Å². The van der Waals surface area contributed by atoms with Crippen LogP contribution in [0, 0.1) is 6.92 Å². The molecule has 1 heterocycles. The van der Waals surface area contributed by atoms with E-state index in [-0.39, 0.29) is 5.56 Å². The van der Waals surface area contributed by atoms with E-state index in [9.17, 15) is 4.79 Å². The molecule has 16 heavy (non-hydrogen) atoms. The van der Waals surface area contributed by atoms with Crippen molar-refractivity contribution in [2.24, 2.45) is 7.05 Å². The van der Waals surface area contributed by atoms with Crippen molar-refractivity contribution in [3.8, 4) is 11.1 Å². The van der Waals surface area contributed by atoms with Crippen LogP contribution < -0.4 is 5.56 Å². The van der Waals surface area contributed by atoms with E-state index in [4.69, 9.17) is 11.6 Å². The van der Waals surface area contributed by atoms with Gasteiger partial charge in [0.15, 0.2) is 0 Å². The molecule has 0 aliphatic rings. The standard InChI is InChI=1S/C13H12ClNO/c1-9-3-5-10(6-4-9)11-7-8-12(14)15(2)13(11)16/h3-8H,1-2H3. The Labute approximate surface area is 99.1 Å². The lowest BCUT2D eigenvalue weighted by Gasteiger charge is -2.05. The monoisotopic (exact) mass is 233 g/mol. The SMILES string of the molecule is Cc1ccc(-c2ccc(Cl)n(C)c2=O)cc1. The second kappa shape index (κ2) is 4.14. The lowest BCUT2D eigenvalue weighted by molar-refractivity contribution is 0.864. The minimum atomic E-state index is -0.0728. The molecule has 82 valence electrons. The fraction of sp³-hybridized carbons (Fsp3) is 0.154. The average Bonchev–Trinajstić information content (AvgIpc) is 2.28. The number of aromatic nitrogens is 1. The topological polar surface area (TPSA) is 22.0 Å². The summed E-state index contributed by atoms with van der Waals surface area (Å²) in [5.74, 6) is 0. The molecule has 0 aliphatic carbocycles. The van der Waals surface area contributed by atoms with Gasteiger partial charge in [-0.3, -0.25) is 4.79 Å². The Morgan fingerprint density at radius 1 is 1.06 bits per heavy atom. The second-order valence-electron chi connectivity index (χ2n) is 3.80. The van der Waals surface area contributed by atoms with E-state index >= 15 is 0 Å². The first kappa shape index (κ1) is 11.0. The molecule has 0 aliphatic heterocycles. The highest BCUT2D eigenvalue weighted by Crippen LogP contribution is 2.17. The van der Waals surface area contributed by atoms with E-state index in [2.05, 4.69) is 0 Å². The quantitative estimate of drug-likeness (QED) is 0.694. The first-order valence-corrected chi connectivity index (χ1v) is 5.40. The van der Waals surface area contributed by atoms with Crippen LogP contribution in [0.4, 0.5) is 0 Å². The Balaban J connectivity index is 2.61. The molecule has 0 N–H and O–H groups in total. The van der Waals surface area contributed by atoms with Crippen molar-refractivity contribution in [3.63, 3.8) is 0 Å². The van der Waals surface area contributed by atoms with Crippen LogP contribution in [-0.4, -0.2) is 4.57 Å². The maximum Gasteiger partial charge on any atom is 0.259 e. The van der Waals surface area contributed by atoms with Crippen molar-refractivity contribution < 1.29 is 0 Å². The molecule has 0 fully saturated rings. The molecule has 2 aromatic rings. The van der Waals surface area contributed by atoms with Crippen LogP contribution in [0.15, 0.2) is 41.2 Å². The van der Waals surface area contributed by atoms with Crippen LogP contribution in [0.2, 0.25) is 5.15 Å². The Morgan fingerprint density at radius 3 is 2.31 bits per heavy atom. The maximum absolute atomic E-state index is 12.0. The molecule has 0 atom stereocenters. The second-order valence-corrected chi connectivity index (χ2v) is 4.19. The third-order valence-corrected chi connectivity index (χ3v) is 2.99. The number of benzene rings is 1. The lowest BCUT2D eigenvalue weighted by atomic mass is 10.1. The van der Waals surface area contributed by atoms with Gasteiger partial charge in [-0.25, -0.2) is 0 Å². The number of pyridine rings is 1. The summed E-state index contributed by atoms with van der Waals surface area (Å²) >= 11 is 5.86. The normalized spacial score (nSPS) is 10.4. The van der Waals surface area contributed by atoms with Gasteiger partial charge in [0, 0.05) is 12.6 Å². The summed E-state index contributed by atoms with van der Waals surface area (Å²) in [6, 6.07) is 11.4. The van der Waals surface area contributed by atoms with Gasteiger partial charge in [-0.2, -0.15) is 0 Å². The van der Waals surface area contributed by atoms with E-state index in [1.54, 1.807) is 19.2 Å². The van der Waals surface area contributed by atoms with E-state index < -0.39 is 0 Å². The first-order valence-electron chi connectivity index (χ1n) is 5.02. The van der Waals surface area contributed by atoms with Gasteiger partial charge in [0.1, 0.15) is 5.15 Å². The summed E-state index contributed by atoms with van der Waals surface area (Å²) < 4.78 is 1.44. The summed E-state index contributed by atoms with van der Waals surface area (Å²) in [4.78, 5) is 12.0. The fourth-order valence-corrected chi connectivity index (χ4v) is 1.71. The first-order chi connectivity index (χ1) is 7.59. The Hall–Kier alpha value is -1.54. The molecular weight excluding hydrogens is 222 g/mol. The van der Waals surface area contributed by atoms with E-state index in [0.29, 0.717) is 10.7 Å². The predicted octanol–water partition coefficient (Wildman–Crippen LogP) is 3.01. The van der Waals surface area contributed by atoms with Gasteiger partial charge in [0.2, 0.25) is 0 Å². The highest BCUT2D eigenvalue weighted by atomic mass is 35.5. The average molecular weight is 234 g/mol. The van der Waals surface area contributed by atoms with Gasteiger partial charge >= 0.3 is 0 Å². The third-order valence-electron chi connectivity index (χ3n) is 2.61. The van der Waals surface area contributed by atoms with Gasteiger partial charge in [0.25, 0.3) is 5.56 Å². The van der Waals surface area contributed by atoms with Crippen molar-refractivity contribution >= 4 is 11.6 Å². The summed E-state index contributed by atoms with van der Waals surface area (Å²) in [7, 11) is 1.67. The molecule has 0 saturated heterocycles. The molecule has 0 radical (unpaired) electrons. The van der Waals surface area contributed by atoms with Gasteiger partial charge in [-0.1, -0.05) is 41.4 Å². The van der Waals surface area contributed by atoms with Gasteiger partial charge in [-0.05, 0) is 24.6 Å². The van der Waals surface area contributed by atoms with Crippen LogP contribution >= 0.6 is 11.6 Å². The van der Waals surface area contributed by atoms with Crippen molar-refractivity contribution in [1.82, 2.24) is 4.57 Å². The van der Waals surface area contributed by atoms with Crippen LogP contribution in [-0.2, 0) is 7.05 Å². The largest absolute Gasteiger partial charge is 0.302 e. The third kappa shape index (κ3) is 1.89. The Bertz CT molecular complexity index is 569. The van der Waals surface area contributed by atoms with Crippen molar-refractivity contribution in [1.29, 1.82) is 0 Å². The number of aryl methyl sites for hydroxylation is 1. The van der Waals surface area contributed by atoms with Crippen molar-refractivity contribution in [3.05, 3.63) is 57.5 Å². The minimum Gasteiger partial charge on any atom is -0.302 e. The molecule has 0 bridgehead atoms. The number of rotatable bonds is 1. The summed E-state index contributed by atoms with van der Waals surface area (Å²) in [6.45, 7) is 2.02. The molecular formula is C13H12ClNO. The number of hydrogen-bond donors (Lipinski definition) is 0. The number of nitrogens with zero attached hydrogens (tertiary/aromatic N) is 1. The van der Waals surface area contributed by atoms with Gasteiger partial charge < -0.3 is 4.57 Å². The van der Waals surface area contributed by atoms with E-state index in [1.165, 1.54) is 10.1 Å². The fourth-order valence-electron chi connectivity index (χ4n) is 1.57. The Morgan fingerprint density at radius 2 is 1.69 bits per heavy atom. The molecule has 2 nitrogen and oxygen atoms in total. The van der Waals surface area contributed by atoms with Crippen LogP contribution in [0.1, 0.15) is 5.56 Å². The van der Waals surface area contributed by atoms with Crippen molar-refractivity contribution in [2.75, 3.05) is 0 Å². The van der Waals surface area contributed by atoms with Crippen LogP contribution in [0.5, 0.6) is 0 Å². The van der Waals surface area contributed by atoms with E-state index in [1.807, 2.05) is 31.2 Å². The summed E-state index contributed by atoms with van der Waals surface area (Å²) in [6.07, 6.45) is 0. The molecule has 0 unspecified atom stereocenters. The molecule has 1 aromatic carbocycles. The zero-order valence-corrected chi connectivity index (χ0v) is 9.95. The molecule has 0 amide bonds. The maximum atomic E-state index is 12.0. The van der Waals surface area contributed by atoms with Crippen LogP contribution in [0.25, 0.3) is 11.1 Å². The number of halogens is 1.